The Morgan fingerprint density at radius 3 is 1.59 bits per heavy atom. The van der Waals surface area contributed by atoms with Gasteiger partial charge < -0.3 is 9.05 Å². The zero-order valence-electron chi connectivity index (χ0n) is 11.2. The van der Waals surface area contributed by atoms with Crippen LogP contribution in [0.4, 0.5) is 0 Å². The molecule has 1 radical (unpaired) electrons. The summed E-state index contributed by atoms with van der Waals surface area (Å²) in [5.74, 6) is 0. The van der Waals surface area contributed by atoms with Gasteiger partial charge in [0.1, 0.15) is 0 Å². The summed E-state index contributed by atoms with van der Waals surface area (Å²) in [5.41, 5.74) is 0. The van der Waals surface area contributed by atoms with Gasteiger partial charge >= 0.3 is 6.72 Å². The van der Waals surface area contributed by atoms with Crippen molar-refractivity contribution in [3.8, 4) is 0 Å². The number of rotatable bonds is 12. The van der Waals surface area contributed by atoms with Crippen molar-refractivity contribution >= 4 is 18.5 Å². The van der Waals surface area contributed by atoms with Gasteiger partial charge in [0.25, 0.3) is 0 Å². The van der Waals surface area contributed by atoms with E-state index in [-0.39, 0.29) is 0 Å². The minimum absolute atomic E-state index is 0.454. The van der Waals surface area contributed by atoms with E-state index in [1.165, 1.54) is 25.7 Å². The lowest BCUT2D eigenvalue weighted by atomic mass is 10.2. The maximum Gasteiger partial charge on any atom is 0.356 e. The molecule has 0 atom stereocenters. The topological polar surface area (TPSA) is 38.4 Å². The molecule has 3 nitrogen and oxygen atoms in total. The molecule has 0 saturated heterocycles. The normalized spacial score (nSPS) is 11.9. The molecule has 17 heavy (non-hydrogen) atoms. The van der Waals surface area contributed by atoms with E-state index in [0.29, 0.717) is 13.2 Å². The van der Waals surface area contributed by atoms with Gasteiger partial charge in [-0.3, -0.25) is 0 Å². The number of unbranched alkanes of at least 4 members (excludes halogenated alkanes) is 6. The van der Waals surface area contributed by atoms with Crippen molar-refractivity contribution in [3.05, 3.63) is 0 Å². The Morgan fingerprint density at radius 2 is 1.24 bits per heavy atom. The summed E-state index contributed by atoms with van der Waals surface area (Å²) in [7, 11) is 0. The molecule has 0 aromatic carbocycles. The number of hydrogen-bond donors (Lipinski definition) is 0. The van der Waals surface area contributed by atoms with Gasteiger partial charge in [-0.25, -0.2) is 0 Å². The molecule has 103 valence electrons. The predicted molar refractivity (Wildman–Crippen MR) is 75.2 cm³/mol. The maximum absolute atomic E-state index is 11.6. The molecule has 0 aromatic heterocycles. The predicted octanol–water partition coefficient (Wildman–Crippen LogP) is 4.84. The first-order chi connectivity index (χ1) is 8.12. The molecular weight excluding hydrogens is 255 g/mol. The lowest BCUT2D eigenvalue weighted by molar-refractivity contribution is 0.170. The fourth-order valence-corrected chi connectivity index (χ4v) is 2.67. The van der Waals surface area contributed by atoms with Gasteiger partial charge in [0.2, 0.25) is 0 Å². The van der Waals surface area contributed by atoms with E-state index in [0.717, 1.165) is 25.7 Å². The Hall–Kier alpha value is 0.530. The Kier molecular flexibility index (Phi) is 12.0. The van der Waals surface area contributed by atoms with Crippen molar-refractivity contribution in [3.63, 3.8) is 0 Å². The highest BCUT2D eigenvalue weighted by molar-refractivity contribution is 8.07. The quantitative estimate of drug-likeness (QED) is 0.379. The SMILES string of the molecule is CCCCCCOP([O])(=S)OCCCCCC. The second-order valence-corrected chi connectivity index (χ2v) is 6.99. The molecule has 0 spiro atoms. The van der Waals surface area contributed by atoms with Crippen LogP contribution in [0.5, 0.6) is 0 Å². The summed E-state index contributed by atoms with van der Waals surface area (Å²) in [6.45, 7) is 2.00. The highest BCUT2D eigenvalue weighted by Crippen LogP contribution is 2.45. The Balaban J connectivity index is 3.42. The van der Waals surface area contributed by atoms with Crippen molar-refractivity contribution < 1.29 is 13.9 Å². The largest absolute Gasteiger partial charge is 0.356 e. The van der Waals surface area contributed by atoms with Crippen LogP contribution >= 0.6 is 6.72 Å². The average molecular weight is 281 g/mol. The highest BCUT2D eigenvalue weighted by Gasteiger charge is 2.16. The second-order valence-electron chi connectivity index (χ2n) is 4.23. The third-order valence-electron chi connectivity index (χ3n) is 2.49. The van der Waals surface area contributed by atoms with Gasteiger partial charge in [-0.15, -0.1) is 4.89 Å². The molecule has 0 aliphatic rings. The van der Waals surface area contributed by atoms with Crippen LogP contribution in [0.25, 0.3) is 0 Å². The van der Waals surface area contributed by atoms with Crippen molar-refractivity contribution in [2.75, 3.05) is 13.2 Å². The van der Waals surface area contributed by atoms with Crippen molar-refractivity contribution in [1.29, 1.82) is 0 Å². The highest BCUT2D eigenvalue weighted by atomic mass is 32.5. The van der Waals surface area contributed by atoms with Crippen LogP contribution in [-0.2, 0) is 25.7 Å². The van der Waals surface area contributed by atoms with Crippen LogP contribution in [-0.4, -0.2) is 13.2 Å². The Labute approximate surface area is 111 Å². The van der Waals surface area contributed by atoms with Crippen LogP contribution < -0.4 is 0 Å². The Morgan fingerprint density at radius 1 is 0.824 bits per heavy atom. The lowest BCUT2D eigenvalue weighted by Crippen LogP contribution is -1.97. The van der Waals surface area contributed by atoms with Gasteiger partial charge in [-0.2, -0.15) is 0 Å². The van der Waals surface area contributed by atoms with Crippen LogP contribution in [0.1, 0.15) is 65.2 Å². The molecule has 0 unspecified atom stereocenters. The molecule has 5 heteroatoms. The summed E-state index contributed by atoms with van der Waals surface area (Å²) >= 11 is 4.81. The van der Waals surface area contributed by atoms with Crippen molar-refractivity contribution in [1.82, 2.24) is 0 Å². The van der Waals surface area contributed by atoms with Crippen LogP contribution in [0.3, 0.4) is 0 Å². The first-order valence-electron chi connectivity index (χ1n) is 6.72. The zero-order valence-corrected chi connectivity index (χ0v) is 12.9. The summed E-state index contributed by atoms with van der Waals surface area (Å²) < 4.78 is 10.3. The molecule has 0 bridgehead atoms. The molecule has 0 saturated carbocycles. The van der Waals surface area contributed by atoms with Crippen LogP contribution in [0.2, 0.25) is 0 Å². The zero-order chi connectivity index (χ0) is 13.0. The lowest BCUT2D eigenvalue weighted by Gasteiger charge is -2.13. The van der Waals surface area contributed by atoms with Gasteiger partial charge in [-0.05, 0) is 24.6 Å². The minimum atomic E-state index is -3.21. The van der Waals surface area contributed by atoms with E-state index in [1.807, 2.05) is 0 Å². The third kappa shape index (κ3) is 12.8. The molecular formula is C12H26O3PS. The van der Waals surface area contributed by atoms with E-state index in [9.17, 15) is 4.89 Å². The molecule has 0 rings (SSSR count). The van der Waals surface area contributed by atoms with Gasteiger partial charge in [0, 0.05) is 0 Å². The molecule has 0 fully saturated rings. The third-order valence-corrected chi connectivity index (χ3v) is 4.12. The molecule has 0 aliphatic carbocycles. The fourth-order valence-electron chi connectivity index (χ4n) is 1.45. The first-order valence-corrected chi connectivity index (χ1v) is 9.28. The summed E-state index contributed by atoms with van der Waals surface area (Å²) in [6, 6.07) is 0. The van der Waals surface area contributed by atoms with Crippen LogP contribution in [0, 0.1) is 0 Å². The van der Waals surface area contributed by atoms with Crippen molar-refractivity contribution in [2.24, 2.45) is 0 Å². The van der Waals surface area contributed by atoms with Crippen LogP contribution in [0.15, 0.2) is 0 Å². The fraction of sp³-hybridized carbons (Fsp3) is 1.00. The Bertz CT molecular complexity index is 194. The van der Waals surface area contributed by atoms with E-state index in [1.54, 1.807) is 0 Å². The summed E-state index contributed by atoms with van der Waals surface area (Å²) in [5, 5.41) is 0. The standard InChI is InChI=1S/C12H26O3PS/c1-3-5-7-9-11-14-16(13,17)15-12-10-8-6-4-2/h3-12H2,1-2H3. The molecule has 0 aromatic rings. The summed E-state index contributed by atoms with van der Waals surface area (Å²) in [4.78, 5) is 11.6. The van der Waals surface area contributed by atoms with E-state index in [2.05, 4.69) is 13.8 Å². The monoisotopic (exact) mass is 281 g/mol. The molecule has 0 aliphatic heterocycles. The smallest absolute Gasteiger partial charge is 0.307 e. The van der Waals surface area contributed by atoms with E-state index in [4.69, 9.17) is 20.9 Å². The number of hydrogen-bond acceptors (Lipinski definition) is 3. The average Bonchev–Trinajstić information content (AvgIpc) is 2.28. The van der Waals surface area contributed by atoms with E-state index >= 15 is 0 Å². The van der Waals surface area contributed by atoms with Gasteiger partial charge in [0.05, 0.1) is 13.2 Å². The molecule has 0 amide bonds. The van der Waals surface area contributed by atoms with E-state index < -0.39 is 6.72 Å². The molecule has 0 heterocycles. The second kappa shape index (κ2) is 11.6. The maximum atomic E-state index is 11.6. The van der Waals surface area contributed by atoms with Crippen molar-refractivity contribution in [2.45, 2.75) is 65.2 Å². The van der Waals surface area contributed by atoms with Gasteiger partial charge in [0.15, 0.2) is 0 Å². The molecule has 0 N–H and O–H groups in total. The first kappa shape index (κ1) is 17.5. The summed E-state index contributed by atoms with van der Waals surface area (Å²) in [6.07, 6.45) is 8.75. The minimum Gasteiger partial charge on any atom is -0.307 e. The van der Waals surface area contributed by atoms with Gasteiger partial charge in [-0.1, -0.05) is 52.4 Å².